The monoisotopic (exact) mass is 421 g/mol. The lowest BCUT2D eigenvalue weighted by Crippen LogP contribution is -2.25. The van der Waals surface area contributed by atoms with Crippen molar-refractivity contribution in [3.63, 3.8) is 0 Å². The molecular formula is C19H23N3O4S2. The summed E-state index contributed by atoms with van der Waals surface area (Å²) in [6.45, 7) is 4.51. The van der Waals surface area contributed by atoms with Crippen LogP contribution in [-0.4, -0.2) is 40.7 Å². The predicted octanol–water partition coefficient (Wildman–Crippen LogP) is 3.05. The Labute approximate surface area is 172 Å². The maximum absolute atomic E-state index is 12.7. The van der Waals surface area contributed by atoms with Gasteiger partial charge in [0.2, 0.25) is 5.91 Å². The van der Waals surface area contributed by atoms with Gasteiger partial charge in [-0.15, -0.1) is 11.8 Å². The highest BCUT2D eigenvalue weighted by Gasteiger charge is 2.26. The van der Waals surface area contributed by atoms with Crippen molar-refractivity contribution < 1.29 is 14.3 Å². The molecule has 0 saturated heterocycles. The van der Waals surface area contributed by atoms with Gasteiger partial charge in [0.1, 0.15) is 11.5 Å². The van der Waals surface area contributed by atoms with Crippen molar-refractivity contribution in [2.75, 3.05) is 25.3 Å². The summed E-state index contributed by atoms with van der Waals surface area (Å²) < 4.78 is 12.1. The van der Waals surface area contributed by atoms with Crippen LogP contribution < -0.4 is 20.3 Å². The minimum Gasteiger partial charge on any atom is -0.497 e. The van der Waals surface area contributed by atoms with Crippen LogP contribution in [0.1, 0.15) is 19.5 Å². The molecule has 2 heterocycles. The number of amides is 1. The molecule has 0 radical (unpaired) electrons. The Bertz CT molecular complexity index is 946. The standard InChI is InChI=1S/C19H23N3O4S2/c1-5-22-18(24)17-14(8-11(2)28-17)21-19(22)27-10-16(23)20-13-9-12(25-3)6-7-15(13)26-4/h6-7,9,11H,5,8,10H2,1-4H3,(H,20,23). The van der Waals surface area contributed by atoms with E-state index < -0.39 is 0 Å². The van der Waals surface area contributed by atoms with Crippen molar-refractivity contribution in [1.29, 1.82) is 0 Å². The molecule has 7 nitrogen and oxygen atoms in total. The Hall–Kier alpha value is -2.13. The third kappa shape index (κ3) is 4.30. The molecular weight excluding hydrogens is 398 g/mol. The molecule has 1 aliphatic rings. The van der Waals surface area contributed by atoms with Crippen LogP contribution >= 0.6 is 23.5 Å². The van der Waals surface area contributed by atoms with Crippen molar-refractivity contribution >= 4 is 35.1 Å². The van der Waals surface area contributed by atoms with Gasteiger partial charge in [0.15, 0.2) is 5.16 Å². The minimum atomic E-state index is -0.211. The van der Waals surface area contributed by atoms with Crippen LogP contribution in [0.4, 0.5) is 5.69 Å². The van der Waals surface area contributed by atoms with E-state index in [2.05, 4.69) is 17.2 Å². The fourth-order valence-corrected chi connectivity index (χ4v) is 4.94. The summed E-state index contributed by atoms with van der Waals surface area (Å²) in [6, 6.07) is 5.20. The third-order valence-electron chi connectivity index (χ3n) is 4.29. The van der Waals surface area contributed by atoms with Gasteiger partial charge < -0.3 is 14.8 Å². The third-order valence-corrected chi connectivity index (χ3v) is 6.48. The zero-order valence-electron chi connectivity index (χ0n) is 16.3. The number of ether oxygens (including phenoxy) is 2. The SMILES string of the molecule is CCn1c(SCC(=O)Nc2cc(OC)ccc2OC)nc2c(c1=O)SC(C)C2. The number of nitrogens with zero attached hydrogens (tertiary/aromatic N) is 2. The lowest BCUT2D eigenvalue weighted by molar-refractivity contribution is -0.113. The van der Waals surface area contributed by atoms with Gasteiger partial charge in [-0.05, 0) is 19.1 Å². The number of carbonyl (C=O) groups is 1. The normalized spacial score (nSPS) is 15.2. The van der Waals surface area contributed by atoms with Gasteiger partial charge in [-0.3, -0.25) is 14.2 Å². The van der Waals surface area contributed by atoms with Gasteiger partial charge in [0, 0.05) is 24.3 Å². The molecule has 1 aromatic heterocycles. The summed E-state index contributed by atoms with van der Waals surface area (Å²) in [5, 5.41) is 3.76. The van der Waals surface area contributed by atoms with Crippen molar-refractivity contribution in [1.82, 2.24) is 9.55 Å². The van der Waals surface area contributed by atoms with E-state index in [0.717, 1.165) is 17.0 Å². The van der Waals surface area contributed by atoms with Gasteiger partial charge in [-0.2, -0.15) is 0 Å². The molecule has 2 aromatic rings. The van der Waals surface area contributed by atoms with Crippen molar-refractivity contribution in [2.24, 2.45) is 0 Å². The molecule has 1 unspecified atom stereocenters. The van der Waals surface area contributed by atoms with E-state index in [4.69, 9.17) is 9.47 Å². The fraction of sp³-hybridized carbons (Fsp3) is 0.421. The second-order valence-electron chi connectivity index (χ2n) is 6.26. The molecule has 0 fully saturated rings. The summed E-state index contributed by atoms with van der Waals surface area (Å²) >= 11 is 2.84. The maximum Gasteiger partial charge on any atom is 0.268 e. The summed E-state index contributed by atoms with van der Waals surface area (Å²) in [4.78, 5) is 30.6. The molecule has 150 valence electrons. The van der Waals surface area contributed by atoms with Gasteiger partial charge in [0.25, 0.3) is 5.56 Å². The average Bonchev–Trinajstić information content (AvgIpc) is 3.07. The minimum absolute atomic E-state index is 0.0146. The summed E-state index contributed by atoms with van der Waals surface area (Å²) in [7, 11) is 3.10. The number of thioether (sulfide) groups is 2. The molecule has 9 heteroatoms. The first-order valence-electron chi connectivity index (χ1n) is 8.91. The summed E-state index contributed by atoms with van der Waals surface area (Å²) in [5.74, 6) is 1.09. The van der Waals surface area contributed by atoms with Gasteiger partial charge in [0.05, 0.1) is 36.2 Å². The molecule has 1 aliphatic heterocycles. The van der Waals surface area contributed by atoms with E-state index in [1.165, 1.54) is 11.8 Å². The first-order valence-corrected chi connectivity index (χ1v) is 10.8. The first-order chi connectivity index (χ1) is 13.5. The van der Waals surface area contributed by atoms with Crippen LogP contribution in [0.25, 0.3) is 0 Å². The van der Waals surface area contributed by atoms with E-state index in [1.54, 1.807) is 48.7 Å². The fourth-order valence-electron chi connectivity index (χ4n) is 2.95. The first kappa shape index (κ1) is 20.6. The molecule has 1 atom stereocenters. The Morgan fingerprint density at radius 2 is 2.18 bits per heavy atom. The topological polar surface area (TPSA) is 82.5 Å². The number of rotatable bonds is 7. The number of benzene rings is 1. The molecule has 3 rings (SSSR count). The lowest BCUT2D eigenvalue weighted by Gasteiger charge is -2.13. The Kier molecular flexibility index (Phi) is 6.56. The van der Waals surface area contributed by atoms with E-state index in [1.807, 2.05) is 6.92 Å². The Morgan fingerprint density at radius 1 is 1.39 bits per heavy atom. The van der Waals surface area contributed by atoms with Crippen LogP contribution in [-0.2, 0) is 17.8 Å². The Morgan fingerprint density at radius 3 is 2.86 bits per heavy atom. The zero-order valence-corrected chi connectivity index (χ0v) is 17.9. The Balaban J connectivity index is 1.75. The van der Waals surface area contributed by atoms with Gasteiger partial charge in [-0.25, -0.2) is 4.98 Å². The van der Waals surface area contributed by atoms with E-state index >= 15 is 0 Å². The number of fused-ring (bicyclic) bond motifs is 1. The number of methoxy groups -OCH3 is 2. The summed E-state index contributed by atoms with van der Waals surface area (Å²) in [6.07, 6.45) is 0.778. The quantitative estimate of drug-likeness (QED) is 0.543. The van der Waals surface area contributed by atoms with Crippen LogP contribution in [0.3, 0.4) is 0 Å². The molecule has 0 aliphatic carbocycles. The molecule has 1 N–H and O–H groups in total. The molecule has 0 spiro atoms. The van der Waals surface area contributed by atoms with Crippen molar-refractivity contribution in [2.45, 2.75) is 42.1 Å². The van der Waals surface area contributed by atoms with Crippen molar-refractivity contribution in [3.05, 3.63) is 34.2 Å². The molecule has 0 bridgehead atoms. The number of aromatic nitrogens is 2. The van der Waals surface area contributed by atoms with Gasteiger partial charge in [-0.1, -0.05) is 18.7 Å². The van der Waals surface area contributed by atoms with Gasteiger partial charge >= 0.3 is 0 Å². The largest absolute Gasteiger partial charge is 0.497 e. The average molecular weight is 422 g/mol. The smallest absolute Gasteiger partial charge is 0.268 e. The predicted molar refractivity (Wildman–Crippen MR) is 112 cm³/mol. The number of carbonyl (C=O) groups excluding carboxylic acids is 1. The van der Waals surface area contributed by atoms with E-state index in [-0.39, 0.29) is 17.2 Å². The maximum atomic E-state index is 12.7. The van der Waals surface area contributed by atoms with Crippen LogP contribution in [0.5, 0.6) is 11.5 Å². The number of hydrogen-bond donors (Lipinski definition) is 1. The number of hydrogen-bond acceptors (Lipinski definition) is 7. The molecule has 28 heavy (non-hydrogen) atoms. The number of anilines is 1. The zero-order chi connectivity index (χ0) is 20.3. The highest BCUT2D eigenvalue weighted by atomic mass is 32.2. The second kappa shape index (κ2) is 8.91. The second-order valence-corrected chi connectivity index (χ2v) is 8.65. The van der Waals surface area contributed by atoms with E-state index in [9.17, 15) is 9.59 Å². The highest BCUT2D eigenvalue weighted by Crippen LogP contribution is 2.34. The van der Waals surface area contributed by atoms with E-state index in [0.29, 0.717) is 34.1 Å². The summed E-state index contributed by atoms with van der Waals surface area (Å²) in [5.41, 5.74) is 1.36. The molecule has 0 saturated carbocycles. The highest BCUT2D eigenvalue weighted by molar-refractivity contribution is 8.00. The van der Waals surface area contributed by atoms with Crippen LogP contribution in [0, 0.1) is 0 Å². The lowest BCUT2D eigenvalue weighted by atomic mass is 10.2. The van der Waals surface area contributed by atoms with Crippen LogP contribution in [0.2, 0.25) is 0 Å². The molecule has 1 amide bonds. The van der Waals surface area contributed by atoms with Crippen LogP contribution in [0.15, 0.2) is 33.0 Å². The number of nitrogens with one attached hydrogen (secondary N) is 1. The van der Waals surface area contributed by atoms with Crippen molar-refractivity contribution in [3.8, 4) is 11.5 Å². The molecule has 1 aromatic carbocycles.